The van der Waals surface area contributed by atoms with E-state index in [0.717, 1.165) is 29.5 Å². The van der Waals surface area contributed by atoms with Gasteiger partial charge in [-0.15, -0.1) is 0 Å². The summed E-state index contributed by atoms with van der Waals surface area (Å²) in [7, 11) is 0. The molecule has 2 aromatic rings. The Hall–Kier alpha value is -1.90. The van der Waals surface area contributed by atoms with Crippen molar-refractivity contribution < 1.29 is 4.79 Å². The van der Waals surface area contributed by atoms with Crippen molar-refractivity contribution in [3.8, 4) is 11.1 Å². The van der Waals surface area contributed by atoms with Crippen molar-refractivity contribution >= 4 is 6.29 Å². The van der Waals surface area contributed by atoms with Gasteiger partial charge < -0.3 is 0 Å². The van der Waals surface area contributed by atoms with Gasteiger partial charge in [-0.1, -0.05) is 23.8 Å². The van der Waals surface area contributed by atoms with Crippen LogP contribution in [0.1, 0.15) is 22.8 Å². The Morgan fingerprint density at radius 1 is 1.44 bits per heavy atom. The summed E-state index contributed by atoms with van der Waals surface area (Å²) in [5.74, 6) is 0. The average molecular weight is 214 g/mol. The van der Waals surface area contributed by atoms with E-state index in [1.54, 1.807) is 6.20 Å². The van der Waals surface area contributed by atoms with Gasteiger partial charge in [0.15, 0.2) is 6.29 Å². The van der Waals surface area contributed by atoms with Crippen molar-refractivity contribution in [2.45, 2.75) is 20.4 Å². The Morgan fingerprint density at radius 2 is 2.25 bits per heavy atom. The summed E-state index contributed by atoms with van der Waals surface area (Å²) in [4.78, 5) is 11.0. The van der Waals surface area contributed by atoms with E-state index in [-0.39, 0.29) is 0 Å². The molecule has 0 saturated carbocycles. The zero-order valence-electron chi connectivity index (χ0n) is 9.47. The zero-order valence-corrected chi connectivity index (χ0v) is 9.47. The van der Waals surface area contributed by atoms with Gasteiger partial charge in [-0.25, -0.2) is 0 Å². The summed E-state index contributed by atoms with van der Waals surface area (Å²) in [5.41, 5.74) is 3.80. The number of aryl methyl sites for hydroxylation is 2. The van der Waals surface area contributed by atoms with Crippen LogP contribution in [0.4, 0.5) is 0 Å². The topological polar surface area (TPSA) is 34.9 Å². The third kappa shape index (κ3) is 1.89. The lowest BCUT2D eigenvalue weighted by molar-refractivity contribution is 0.112. The van der Waals surface area contributed by atoms with Gasteiger partial charge in [0.2, 0.25) is 0 Å². The van der Waals surface area contributed by atoms with E-state index in [1.807, 2.05) is 42.9 Å². The smallest absolute Gasteiger partial charge is 0.150 e. The fourth-order valence-electron chi connectivity index (χ4n) is 1.70. The lowest BCUT2D eigenvalue weighted by Crippen LogP contribution is -1.92. The Morgan fingerprint density at radius 3 is 2.88 bits per heavy atom. The minimum atomic E-state index is 0.709. The van der Waals surface area contributed by atoms with Gasteiger partial charge in [-0.2, -0.15) is 5.10 Å². The SMILES string of the molecule is CCn1cc(-c2cc(C)ccc2C=O)cn1. The summed E-state index contributed by atoms with van der Waals surface area (Å²) >= 11 is 0. The first-order valence-corrected chi connectivity index (χ1v) is 5.33. The Balaban J connectivity index is 2.53. The van der Waals surface area contributed by atoms with Gasteiger partial charge in [0.1, 0.15) is 0 Å². The van der Waals surface area contributed by atoms with E-state index in [9.17, 15) is 4.79 Å². The molecule has 0 aliphatic heterocycles. The molecule has 1 heterocycles. The molecular weight excluding hydrogens is 200 g/mol. The predicted molar refractivity (Wildman–Crippen MR) is 63.5 cm³/mol. The zero-order chi connectivity index (χ0) is 11.5. The van der Waals surface area contributed by atoms with Crippen LogP contribution < -0.4 is 0 Å². The molecular formula is C13H14N2O. The highest BCUT2D eigenvalue weighted by Gasteiger charge is 2.06. The number of benzene rings is 1. The average Bonchev–Trinajstić information content (AvgIpc) is 2.77. The maximum absolute atomic E-state index is 11.0. The number of aromatic nitrogens is 2. The minimum Gasteiger partial charge on any atom is -0.298 e. The number of nitrogens with zero attached hydrogens (tertiary/aromatic N) is 2. The second-order valence-corrected chi connectivity index (χ2v) is 3.79. The van der Waals surface area contributed by atoms with Crippen LogP contribution in [-0.2, 0) is 6.54 Å². The van der Waals surface area contributed by atoms with Crippen LogP contribution >= 0.6 is 0 Å². The number of hydrogen-bond donors (Lipinski definition) is 0. The molecule has 0 N–H and O–H groups in total. The molecule has 0 aliphatic carbocycles. The summed E-state index contributed by atoms with van der Waals surface area (Å²) in [6.07, 6.45) is 4.64. The molecule has 0 saturated heterocycles. The third-order valence-corrected chi connectivity index (χ3v) is 2.60. The highest BCUT2D eigenvalue weighted by Crippen LogP contribution is 2.23. The second kappa shape index (κ2) is 4.31. The van der Waals surface area contributed by atoms with Crippen LogP contribution in [0.3, 0.4) is 0 Å². The van der Waals surface area contributed by atoms with Crippen molar-refractivity contribution in [2.75, 3.05) is 0 Å². The molecule has 1 aromatic heterocycles. The quantitative estimate of drug-likeness (QED) is 0.736. The molecule has 3 heteroatoms. The Labute approximate surface area is 94.7 Å². The second-order valence-electron chi connectivity index (χ2n) is 3.79. The number of aldehydes is 1. The van der Waals surface area contributed by atoms with E-state index in [4.69, 9.17) is 0 Å². The molecule has 0 spiro atoms. The minimum absolute atomic E-state index is 0.709. The molecule has 0 radical (unpaired) electrons. The van der Waals surface area contributed by atoms with Gasteiger partial charge in [-0.3, -0.25) is 9.48 Å². The third-order valence-electron chi connectivity index (χ3n) is 2.60. The molecule has 16 heavy (non-hydrogen) atoms. The Bertz CT molecular complexity index is 514. The highest BCUT2D eigenvalue weighted by atomic mass is 16.1. The fraction of sp³-hybridized carbons (Fsp3) is 0.231. The predicted octanol–water partition coefficient (Wildman–Crippen LogP) is 2.69. The van der Waals surface area contributed by atoms with Gasteiger partial charge in [0, 0.05) is 23.9 Å². The number of rotatable bonds is 3. The first-order chi connectivity index (χ1) is 7.74. The van der Waals surface area contributed by atoms with Crippen molar-refractivity contribution in [1.29, 1.82) is 0 Å². The lowest BCUT2D eigenvalue weighted by Gasteiger charge is -2.03. The molecule has 3 nitrogen and oxygen atoms in total. The monoisotopic (exact) mass is 214 g/mol. The van der Waals surface area contributed by atoms with E-state index < -0.39 is 0 Å². The molecule has 82 valence electrons. The van der Waals surface area contributed by atoms with E-state index in [2.05, 4.69) is 5.10 Å². The van der Waals surface area contributed by atoms with Crippen LogP contribution in [0, 0.1) is 6.92 Å². The summed E-state index contributed by atoms with van der Waals surface area (Å²) in [6.45, 7) is 4.89. The van der Waals surface area contributed by atoms with Crippen molar-refractivity contribution in [1.82, 2.24) is 9.78 Å². The summed E-state index contributed by atoms with van der Waals surface area (Å²) < 4.78 is 1.85. The molecule has 0 fully saturated rings. The molecule has 0 unspecified atom stereocenters. The Kier molecular flexibility index (Phi) is 2.86. The van der Waals surface area contributed by atoms with E-state index >= 15 is 0 Å². The first kappa shape index (κ1) is 10.6. The van der Waals surface area contributed by atoms with Crippen LogP contribution in [0.15, 0.2) is 30.6 Å². The van der Waals surface area contributed by atoms with E-state index in [1.165, 1.54) is 0 Å². The van der Waals surface area contributed by atoms with Crippen molar-refractivity contribution in [2.24, 2.45) is 0 Å². The molecule has 1 aromatic carbocycles. The molecule has 0 aliphatic rings. The van der Waals surface area contributed by atoms with Gasteiger partial charge in [-0.05, 0) is 19.4 Å². The molecule has 0 amide bonds. The maximum Gasteiger partial charge on any atom is 0.150 e. The van der Waals surface area contributed by atoms with Crippen molar-refractivity contribution in [3.63, 3.8) is 0 Å². The van der Waals surface area contributed by atoms with E-state index in [0.29, 0.717) is 5.56 Å². The molecule has 2 rings (SSSR count). The number of carbonyl (C=O) groups is 1. The number of hydrogen-bond acceptors (Lipinski definition) is 2. The highest BCUT2D eigenvalue weighted by molar-refractivity contribution is 5.87. The summed E-state index contributed by atoms with van der Waals surface area (Å²) in [6, 6.07) is 5.80. The van der Waals surface area contributed by atoms with Crippen LogP contribution in [0.25, 0.3) is 11.1 Å². The van der Waals surface area contributed by atoms with Crippen molar-refractivity contribution in [3.05, 3.63) is 41.7 Å². The largest absolute Gasteiger partial charge is 0.298 e. The molecule has 0 atom stereocenters. The number of carbonyl (C=O) groups excluding carboxylic acids is 1. The van der Waals surface area contributed by atoms with Gasteiger partial charge >= 0.3 is 0 Å². The summed E-state index contributed by atoms with van der Waals surface area (Å²) in [5, 5.41) is 4.22. The van der Waals surface area contributed by atoms with Crippen LogP contribution in [0.5, 0.6) is 0 Å². The van der Waals surface area contributed by atoms with Crippen LogP contribution in [-0.4, -0.2) is 16.1 Å². The maximum atomic E-state index is 11.0. The first-order valence-electron chi connectivity index (χ1n) is 5.33. The van der Waals surface area contributed by atoms with Gasteiger partial charge in [0.25, 0.3) is 0 Å². The lowest BCUT2D eigenvalue weighted by atomic mass is 10.0. The fourth-order valence-corrected chi connectivity index (χ4v) is 1.70. The van der Waals surface area contributed by atoms with Crippen LogP contribution in [0.2, 0.25) is 0 Å². The standard InChI is InChI=1S/C13H14N2O/c1-3-15-8-12(7-14-15)13-6-10(2)4-5-11(13)9-16/h4-9H,3H2,1-2H3. The normalized spacial score (nSPS) is 10.4. The van der Waals surface area contributed by atoms with Gasteiger partial charge in [0.05, 0.1) is 6.20 Å². The molecule has 0 bridgehead atoms.